The van der Waals surface area contributed by atoms with Crippen molar-refractivity contribution in [2.24, 2.45) is 0 Å². The van der Waals surface area contributed by atoms with Crippen LogP contribution >= 0.6 is 11.8 Å². The minimum atomic E-state index is 0.889. The van der Waals surface area contributed by atoms with Gasteiger partial charge in [0.25, 0.3) is 0 Å². The molecule has 2 aromatic heterocycles. The highest BCUT2D eigenvalue weighted by molar-refractivity contribution is 7.99. The predicted molar refractivity (Wildman–Crippen MR) is 198 cm³/mol. The van der Waals surface area contributed by atoms with Gasteiger partial charge in [-0.15, -0.1) is 4.94 Å². The molecule has 1 aliphatic heterocycles. The molecule has 6 heteroatoms. The van der Waals surface area contributed by atoms with Crippen molar-refractivity contribution in [3.63, 3.8) is 0 Å². The number of hydrogen-bond donors (Lipinski definition) is 0. The van der Waals surface area contributed by atoms with Gasteiger partial charge in [0, 0.05) is 33.8 Å². The summed E-state index contributed by atoms with van der Waals surface area (Å²) in [6, 6.07) is 55.5. The standard InChI is InChI=1S/C42H30N4OS/c1-44-39-20-9-10-21-40(39)46(47-44)31-14-11-15-32(27-31)48-33-22-23-37-36-18-7-8-19-38(36)45(41(37)28-33)42-26-30(24-25-43-42)35-17-6-5-16-34(35)29-12-3-2-4-13-29/h2-28H,1H3. The van der Waals surface area contributed by atoms with Gasteiger partial charge in [-0.25, -0.2) is 10.0 Å². The van der Waals surface area contributed by atoms with Crippen LogP contribution in [-0.4, -0.2) is 16.6 Å². The molecule has 0 N–H and O–H groups in total. The number of nitrogens with zero attached hydrogens (tertiary/aromatic N) is 4. The normalized spacial score (nSPS) is 12.6. The van der Waals surface area contributed by atoms with Gasteiger partial charge in [-0.05, 0) is 82.9 Å². The van der Waals surface area contributed by atoms with Crippen LogP contribution in [0.3, 0.4) is 0 Å². The highest BCUT2D eigenvalue weighted by Gasteiger charge is 2.26. The fourth-order valence-corrected chi connectivity index (χ4v) is 7.59. The summed E-state index contributed by atoms with van der Waals surface area (Å²) in [4.78, 5) is 13.3. The summed E-state index contributed by atoms with van der Waals surface area (Å²) in [5, 5.41) is 6.09. The lowest BCUT2D eigenvalue weighted by Gasteiger charge is -2.18. The van der Waals surface area contributed by atoms with E-state index in [2.05, 4.69) is 150 Å². The quantitative estimate of drug-likeness (QED) is 0.181. The second kappa shape index (κ2) is 11.8. The lowest BCUT2D eigenvalue weighted by molar-refractivity contribution is 0.142. The molecule has 0 saturated heterocycles. The van der Waals surface area contributed by atoms with Gasteiger partial charge < -0.3 is 0 Å². The van der Waals surface area contributed by atoms with Gasteiger partial charge >= 0.3 is 0 Å². The van der Waals surface area contributed by atoms with Crippen LogP contribution in [-0.2, 0) is 4.94 Å². The van der Waals surface area contributed by atoms with Crippen molar-refractivity contribution in [1.82, 2.24) is 9.55 Å². The Labute approximate surface area is 283 Å². The third-order valence-electron chi connectivity index (χ3n) is 8.87. The molecule has 48 heavy (non-hydrogen) atoms. The highest BCUT2D eigenvalue weighted by Crippen LogP contribution is 2.43. The topological polar surface area (TPSA) is 33.5 Å². The summed E-state index contributed by atoms with van der Waals surface area (Å²) in [7, 11) is 1.93. The zero-order valence-corrected chi connectivity index (χ0v) is 27.0. The smallest absolute Gasteiger partial charge is 0.138 e. The van der Waals surface area contributed by atoms with Crippen molar-refractivity contribution >= 4 is 50.6 Å². The third kappa shape index (κ3) is 4.90. The fraction of sp³-hybridized carbons (Fsp3) is 0.0238. The maximum Gasteiger partial charge on any atom is 0.138 e. The van der Waals surface area contributed by atoms with E-state index in [4.69, 9.17) is 9.92 Å². The van der Waals surface area contributed by atoms with Gasteiger partial charge in [0.1, 0.15) is 5.82 Å². The molecule has 230 valence electrons. The Bertz CT molecular complexity index is 2460. The van der Waals surface area contributed by atoms with Crippen molar-refractivity contribution in [3.05, 3.63) is 164 Å². The zero-order chi connectivity index (χ0) is 32.0. The van der Waals surface area contributed by atoms with Crippen molar-refractivity contribution in [2.45, 2.75) is 9.79 Å². The fourth-order valence-electron chi connectivity index (χ4n) is 6.68. The van der Waals surface area contributed by atoms with Crippen LogP contribution in [0, 0.1) is 0 Å². The minimum Gasteiger partial charge on any atom is -0.294 e. The first-order valence-electron chi connectivity index (χ1n) is 15.9. The molecule has 5 nitrogen and oxygen atoms in total. The van der Waals surface area contributed by atoms with Gasteiger partial charge in [0.2, 0.25) is 0 Å². The van der Waals surface area contributed by atoms with Crippen LogP contribution in [0.4, 0.5) is 17.1 Å². The van der Waals surface area contributed by atoms with E-state index in [-0.39, 0.29) is 0 Å². The molecule has 9 rings (SSSR count). The molecule has 0 radical (unpaired) electrons. The van der Waals surface area contributed by atoms with Gasteiger partial charge in [-0.3, -0.25) is 4.57 Å². The number of para-hydroxylation sites is 3. The summed E-state index contributed by atoms with van der Waals surface area (Å²) in [5.41, 5.74) is 10.00. The molecular formula is C42H30N4OS. The molecule has 0 unspecified atom stereocenters. The maximum atomic E-state index is 6.10. The molecule has 0 fully saturated rings. The van der Waals surface area contributed by atoms with E-state index in [0.29, 0.717) is 0 Å². The van der Waals surface area contributed by atoms with Crippen molar-refractivity contribution in [1.29, 1.82) is 0 Å². The van der Waals surface area contributed by atoms with Gasteiger partial charge in [-0.2, -0.15) is 5.06 Å². The first kappa shape index (κ1) is 28.4. The van der Waals surface area contributed by atoms with Crippen LogP contribution in [0.1, 0.15) is 0 Å². The van der Waals surface area contributed by atoms with Crippen molar-refractivity contribution < 1.29 is 4.94 Å². The van der Waals surface area contributed by atoms with Crippen LogP contribution < -0.4 is 10.1 Å². The second-order valence-corrected chi connectivity index (χ2v) is 13.0. The number of hydroxylamine groups is 1. The average molecular weight is 639 g/mol. The molecule has 0 saturated carbocycles. The molecule has 0 amide bonds. The van der Waals surface area contributed by atoms with E-state index in [1.165, 1.54) is 27.5 Å². The van der Waals surface area contributed by atoms with Crippen molar-refractivity contribution in [2.75, 3.05) is 17.2 Å². The summed E-state index contributed by atoms with van der Waals surface area (Å²) in [6.07, 6.45) is 1.92. The third-order valence-corrected chi connectivity index (χ3v) is 9.85. The number of anilines is 3. The molecule has 8 aromatic rings. The lowest BCUT2D eigenvalue weighted by atomic mass is 9.95. The molecule has 0 bridgehead atoms. The first-order valence-corrected chi connectivity index (χ1v) is 16.8. The molecule has 6 aromatic carbocycles. The zero-order valence-electron chi connectivity index (χ0n) is 26.2. The Morgan fingerprint density at radius 2 is 1.25 bits per heavy atom. The van der Waals surface area contributed by atoms with E-state index >= 15 is 0 Å². The Morgan fingerprint density at radius 1 is 0.542 bits per heavy atom. The van der Waals surface area contributed by atoms with E-state index in [1.54, 1.807) is 16.8 Å². The predicted octanol–water partition coefficient (Wildman–Crippen LogP) is 11.1. The summed E-state index contributed by atoms with van der Waals surface area (Å²) in [5.74, 6) is 0.889. The average Bonchev–Trinajstić information content (AvgIpc) is 3.66. The van der Waals surface area contributed by atoms with Gasteiger partial charge in [0.05, 0.1) is 28.1 Å². The molecule has 3 heterocycles. The lowest BCUT2D eigenvalue weighted by Crippen LogP contribution is -2.20. The summed E-state index contributed by atoms with van der Waals surface area (Å²) >= 11 is 1.74. The van der Waals surface area contributed by atoms with E-state index in [9.17, 15) is 0 Å². The van der Waals surface area contributed by atoms with E-state index in [0.717, 1.165) is 49.3 Å². The largest absolute Gasteiger partial charge is 0.294 e. The molecule has 1 aliphatic rings. The minimum absolute atomic E-state index is 0.889. The van der Waals surface area contributed by atoms with Gasteiger partial charge in [-0.1, -0.05) is 109 Å². The van der Waals surface area contributed by atoms with Crippen LogP contribution in [0.25, 0.3) is 49.9 Å². The monoisotopic (exact) mass is 638 g/mol. The number of pyridine rings is 1. The number of rotatable bonds is 6. The van der Waals surface area contributed by atoms with E-state index < -0.39 is 0 Å². The van der Waals surface area contributed by atoms with Crippen LogP contribution in [0.5, 0.6) is 0 Å². The number of fused-ring (bicyclic) bond motifs is 4. The second-order valence-electron chi connectivity index (χ2n) is 11.8. The molecule has 0 spiro atoms. The molecule has 0 aliphatic carbocycles. The first-order chi connectivity index (χ1) is 23.7. The van der Waals surface area contributed by atoms with Crippen LogP contribution in [0.2, 0.25) is 0 Å². The Kier molecular flexibility index (Phi) is 6.96. The Morgan fingerprint density at radius 3 is 2.12 bits per heavy atom. The highest BCUT2D eigenvalue weighted by atomic mass is 32.2. The van der Waals surface area contributed by atoms with Crippen LogP contribution in [0.15, 0.2) is 174 Å². The summed E-state index contributed by atoms with van der Waals surface area (Å²) in [6.45, 7) is 0. The molecule has 0 atom stereocenters. The Balaban J connectivity index is 1.12. The number of hydrogen-bond acceptors (Lipinski definition) is 5. The Hall–Kier alpha value is -5.82. The number of aromatic nitrogens is 2. The maximum absolute atomic E-state index is 6.10. The molecular weight excluding hydrogens is 609 g/mol. The summed E-state index contributed by atoms with van der Waals surface area (Å²) < 4.78 is 2.30. The van der Waals surface area contributed by atoms with Gasteiger partial charge in [0.15, 0.2) is 0 Å². The number of benzene rings is 6. The van der Waals surface area contributed by atoms with E-state index in [1.807, 2.05) is 30.4 Å². The van der Waals surface area contributed by atoms with Crippen molar-refractivity contribution in [3.8, 4) is 28.1 Å². The SMILES string of the molecule is CN1ON(c2cccc(Sc3ccc4c5ccccc5n(-c5cc(-c6ccccc6-c6ccccc6)ccn5)c4c3)c2)c2ccccc21.